The molecule has 27 heavy (non-hydrogen) atoms. The zero-order chi connectivity index (χ0) is 18.8. The van der Waals surface area contributed by atoms with E-state index in [9.17, 15) is 4.79 Å². The minimum atomic E-state index is -0.400. The van der Waals surface area contributed by atoms with Crippen molar-refractivity contribution >= 4 is 22.5 Å². The molecule has 0 aliphatic rings. The van der Waals surface area contributed by atoms with Crippen molar-refractivity contribution in [2.75, 3.05) is 11.9 Å². The molecule has 0 fully saturated rings. The molecule has 2 aromatic carbocycles. The molecule has 1 atom stereocenters. The molecule has 6 nitrogen and oxygen atoms in total. The van der Waals surface area contributed by atoms with Crippen LogP contribution in [0.2, 0.25) is 0 Å². The number of aryl methyl sites for hydroxylation is 1. The SMILES string of the molecule is Cc1cccc(C(CN)C(=O)Nc2cccc3c(-c4cn[nH]c4)c[nH]c23)c1. The van der Waals surface area contributed by atoms with Crippen molar-refractivity contribution in [3.05, 3.63) is 72.2 Å². The highest BCUT2D eigenvalue weighted by Gasteiger charge is 2.20. The van der Waals surface area contributed by atoms with Gasteiger partial charge in [-0.15, -0.1) is 0 Å². The first-order valence-corrected chi connectivity index (χ1v) is 8.84. The maximum atomic E-state index is 12.9. The van der Waals surface area contributed by atoms with Crippen LogP contribution in [-0.2, 0) is 4.79 Å². The quantitative estimate of drug-likeness (QED) is 0.438. The van der Waals surface area contributed by atoms with Gasteiger partial charge in [0, 0.05) is 35.5 Å². The molecule has 0 spiro atoms. The second-order valence-electron chi connectivity index (χ2n) is 6.61. The summed E-state index contributed by atoms with van der Waals surface area (Å²) in [5.41, 5.74) is 11.6. The highest BCUT2D eigenvalue weighted by atomic mass is 16.1. The molecule has 136 valence electrons. The predicted molar refractivity (Wildman–Crippen MR) is 107 cm³/mol. The molecule has 2 aromatic heterocycles. The van der Waals surface area contributed by atoms with Crippen LogP contribution in [0.1, 0.15) is 17.0 Å². The van der Waals surface area contributed by atoms with E-state index in [2.05, 4.69) is 20.5 Å². The number of rotatable bonds is 5. The second-order valence-corrected chi connectivity index (χ2v) is 6.61. The average Bonchev–Trinajstić information content (AvgIpc) is 3.32. The van der Waals surface area contributed by atoms with Crippen LogP contribution in [0.25, 0.3) is 22.0 Å². The third kappa shape index (κ3) is 3.22. The Hall–Kier alpha value is -3.38. The van der Waals surface area contributed by atoms with E-state index in [1.165, 1.54) is 0 Å². The number of benzene rings is 2. The summed E-state index contributed by atoms with van der Waals surface area (Å²) in [5, 5.41) is 10.9. The van der Waals surface area contributed by atoms with Gasteiger partial charge in [-0.2, -0.15) is 5.10 Å². The Kier molecular flexibility index (Phi) is 4.48. The first-order valence-electron chi connectivity index (χ1n) is 8.84. The van der Waals surface area contributed by atoms with Crippen LogP contribution in [0.4, 0.5) is 5.69 Å². The topological polar surface area (TPSA) is 99.6 Å². The van der Waals surface area contributed by atoms with E-state index in [0.717, 1.165) is 38.8 Å². The van der Waals surface area contributed by atoms with Crippen molar-refractivity contribution in [2.24, 2.45) is 5.73 Å². The number of fused-ring (bicyclic) bond motifs is 1. The van der Waals surface area contributed by atoms with Gasteiger partial charge in [0.05, 0.1) is 23.3 Å². The lowest BCUT2D eigenvalue weighted by molar-refractivity contribution is -0.117. The largest absolute Gasteiger partial charge is 0.359 e. The fourth-order valence-corrected chi connectivity index (χ4v) is 3.40. The molecule has 0 aliphatic carbocycles. The fraction of sp³-hybridized carbons (Fsp3) is 0.143. The van der Waals surface area contributed by atoms with Gasteiger partial charge in [0.15, 0.2) is 0 Å². The third-order valence-corrected chi connectivity index (χ3v) is 4.78. The van der Waals surface area contributed by atoms with Crippen LogP contribution in [-0.4, -0.2) is 27.6 Å². The Morgan fingerprint density at radius 2 is 2.07 bits per heavy atom. The number of hydrogen-bond acceptors (Lipinski definition) is 3. The summed E-state index contributed by atoms with van der Waals surface area (Å²) in [6, 6.07) is 13.7. The number of nitrogens with two attached hydrogens (primary N) is 1. The standard InChI is InChI=1S/C21H21N5O/c1-13-4-2-5-14(8-13)17(9-22)21(27)26-19-7-3-6-16-18(12-23-20(16)19)15-10-24-25-11-15/h2-8,10-12,17,23H,9,22H2,1H3,(H,24,25)(H,26,27). The van der Waals surface area contributed by atoms with Gasteiger partial charge in [-0.1, -0.05) is 42.0 Å². The van der Waals surface area contributed by atoms with Gasteiger partial charge in [-0.3, -0.25) is 9.89 Å². The molecular weight excluding hydrogens is 338 g/mol. The van der Waals surface area contributed by atoms with E-state index in [1.807, 2.05) is 61.8 Å². The van der Waals surface area contributed by atoms with Crippen LogP contribution in [0.5, 0.6) is 0 Å². The minimum Gasteiger partial charge on any atom is -0.359 e. The summed E-state index contributed by atoms with van der Waals surface area (Å²) in [4.78, 5) is 16.2. The summed E-state index contributed by atoms with van der Waals surface area (Å²) < 4.78 is 0. The molecule has 0 saturated carbocycles. The van der Waals surface area contributed by atoms with E-state index >= 15 is 0 Å². The van der Waals surface area contributed by atoms with E-state index in [-0.39, 0.29) is 12.5 Å². The third-order valence-electron chi connectivity index (χ3n) is 4.78. The first kappa shape index (κ1) is 17.1. The van der Waals surface area contributed by atoms with E-state index in [1.54, 1.807) is 6.20 Å². The predicted octanol–water partition coefficient (Wildman–Crippen LogP) is 3.55. The summed E-state index contributed by atoms with van der Waals surface area (Å²) in [6.45, 7) is 2.25. The number of anilines is 1. The Morgan fingerprint density at radius 1 is 1.22 bits per heavy atom. The van der Waals surface area contributed by atoms with E-state index < -0.39 is 5.92 Å². The number of carbonyl (C=O) groups is 1. The average molecular weight is 359 g/mol. The van der Waals surface area contributed by atoms with Gasteiger partial charge in [0.25, 0.3) is 0 Å². The summed E-state index contributed by atoms with van der Waals surface area (Å²) in [6.07, 6.45) is 5.54. The van der Waals surface area contributed by atoms with Crippen LogP contribution < -0.4 is 11.1 Å². The number of nitrogens with one attached hydrogen (secondary N) is 3. The van der Waals surface area contributed by atoms with Crippen LogP contribution >= 0.6 is 0 Å². The van der Waals surface area contributed by atoms with Gasteiger partial charge < -0.3 is 16.0 Å². The normalized spacial score (nSPS) is 12.2. The monoisotopic (exact) mass is 359 g/mol. The minimum absolute atomic E-state index is 0.116. The van der Waals surface area contributed by atoms with Gasteiger partial charge in [0.2, 0.25) is 5.91 Å². The number of aromatic amines is 2. The molecule has 5 N–H and O–H groups in total. The molecule has 1 unspecified atom stereocenters. The van der Waals surface area contributed by atoms with Crippen molar-refractivity contribution in [1.82, 2.24) is 15.2 Å². The molecule has 0 aliphatic heterocycles. The first-order chi connectivity index (χ1) is 13.2. The number of amides is 1. The maximum Gasteiger partial charge on any atom is 0.233 e. The van der Waals surface area contributed by atoms with Crippen LogP contribution in [0.3, 0.4) is 0 Å². The van der Waals surface area contributed by atoms with E-state index in [4.69, 9.17) is 5.73 Å². The Morgan fingerprint density at radius 3 is 2.81 bits per heavy atom. The smallest absolute Gasteiger partial charge is 0.233 e. The van der Waals surface area contributed by atoms with Crippen LogP contribution in [0, 0.1) is 6.92 Å². The Bertz CT molecular complexity index is 1080. The number of nitrogens with zero attached hydrogens (tertiary/aromatic N) is 1. The molecule has 0 radical (unpaired) electrons. The zero-order valence-corrected chi connectivity index (χ0v) is 15.0. The second kappa shape index (κ2) is 7.09. The molecule has 0 bridgehead atoms. The number of carbonyl (C=O) groups excluding carboxylic acids is 1. The molecule has 4 aromatic rings. The fourth-order valence-electron chi connectivity index (χ4n) is 3.40. The summed E-state index contributed by atoms with van der Waals surface area (Å²) in [7, 11) is 0. The van der Waals surface area contributed by atoms with Crippen molar-refractivity contribution in [1.29, 1.82) is 0 Å². The van der Waals surface area contributed by atoms with Crippen molar-refractivity contribution in [3.8, 4) is 11.1 Å². The molecule has 0 saturated heterocycles. The molecule has 2 heterocycles. The van der Waals surface area contributed by atoms with Crippen molar-refractivity contribution in [3.63, 3.8) is 0 Å². The van der Waals surface area contributed by atoms with E-state index in [0.29, 0.717) is 0 Å². The summed E-state index contributed by atoms with van der Waals surface area (Å²) in [5.74, 6) is -0.515. The summed E-state index contributed by atoms with van der Waals surface area (Å²) >= 11 is 0. The highest BCUT2D eigenvalue weighted by molar-refractivity contribution is 6.07. The number of aromatic nitrogens is 3. The van der Waals surface area contributed by atoms with Gasteiger partial charge in [-0.25, -0.2) is 0 Å². The lowest BCUT2D eigenvalue weighted by Crippen LogP contribution is -2.27. The highest BCUT2D eigenvalue weighted by Crippen LogP contribution is 2.32. The maximum absolute atomic E-state index is 12.9. The van der Waals surface area contributed by atoms with Crippen molar-refractivity contribution < 1.29 is 4.79 Å². The lowest BCUT2D eigenvalue weighted by Gasteiger charge is -2.16. The Balaban J connectivity index is 1.66. The molecular formula is C21H21N5O. The van der Waals surface area contributed by atoms with Gasteiger partial charge in [0.1, 0.15) is 0 Å². The Labute approximate surface area is 156 Å². The van der Waals surface area contributed by atoms with Crippen LogP contribution in [0.15, 0.2) is 61.1 Å². The number of para-hydroxylation sites is 1. The number of hydrogen-bond donors (Lipinski definition) is 4. The lowest BCUT2D eigenvalue weighted by atomic mass is 9.96. The molecule has 1 amide bonds. The van der Waals surface area contributed by atoms with Gasteiger partial charge >= 0.3 is 0 Å². The van der Waals surface area contributed by atoms with Crippen molar-refractivity contribution in [2.45, 2.75) is 12.8 Å². The number of H-pyrrole nitrogens is 2. The molecule has 6 heteroatoms. The van der Waals surface area contributed by atoms with Gasteiger partial charge in [-0.05, 0) is 18.6 Å². The zero-order valence-electron chi connectivity index (χ0n) is 15.0. The molecule has 4 rings (SSSR count).